The maximum Gasteiger partial charge on any atom is 0.251 e. The van der Waals surface area contributed by atoms with Crippen molar-refractivity contribution in [1.82, 2.24) is 5.32 Å². The van der Waals surface area contributed by atoms with Crippen molar-refractivity contribution in [2.45, 2.75) is 20.0 Å². The summed E-state index contributed by atoms with van der Waals surface area (Å²) in [7, 11) is 0. The molecule has 0 saturated carbocycles. The van der Waals surface area contributed by atoms with Crippen molar-refractivity contribution in [2.24, 2.45) is 0 Å². The van der Waals surface area contributed by atoms with Gasteiger partial charge >= 0.3 is 0 Å². The van der Waals surface area contributed by atoms with Gasteiger partial charge in [-0.3, -0.25) is 4.79 Å². The Balaban J connectivity index is 2.47. The van der Waals surface area contributed by atoms with Gasteiger partial charge in [0, 0.05) is 23.2 Å². The second-order valence-electron chi connectivity index (χ2n) is 3.49. The Morgan fingerprint density at radius 1 is 1.56 bits per heavy atom. The zero-order valence-corrected chi connectivity index (χ0v) is 11.1. The molecule has 0 aliphatic heterocycles. The summed E-state index contributed by atoms with van der Waals surface area (Å²) < 4.78 is 6.23. The van der Waals surface area contributed by atoms with Gasteiger partial charge in [-0.1, -0.05) is 22.0 Å². The number of nitrogens with one attached hydrogen (secondary N) is 1. The molecule has 1 atom stereocenters. The van der Waals surface area contributed by atoms with Gasteiger partial charge in [0.2, 0.25) is 0 Å². The van der Waals surface area contributed by atoms with E-state index in [0.717, 1.165) is 4.47 Å². The summed E-state index contributed by atoms with van der Waals surface area (Å²) in [5.41, 5.74) is 0.651. The number of ether oxygens (including phenoxy) is 1. The number of amides is 1. The van der Waals surface area contributed by atoms with Crippen LogP contribution in [0.2, 0.25) is 0 Å². The van der Waals surface area contributed by atoms with Gasteiger partial charge in [0.15, 0.2) is 0 Å². The molecule has 1 N–H and O–H groups in total. The van der Waals surface area contributed by atoms with Crippen LogP contribution in [-0.2, 0) is 4.74 Å². The fraction of sp³-hybridized carbons (Fsp3) is 0.417. The van der Waals surface area contributed by atoms with Crippen LogP contribution >= 0.6 is 15.9 Å². The predicted molar refractivity (Wildman–Crippen MR) is 67.6 cm³/mol. The standard InChI is InChI=1S/C12H16BrNO2/c1-3-16-9(2)8-14-12(15)10-5-4-6-11(13)7-10/h4-7,9H,3,8H2,1-2H3,(H,14,15). The number of hydrogen-bond donors (Lipinski definition) is 1. The number of benzene rings is 1. The van der Waals surface area contributed by atoms with Crippen molar-refractivity contribution in [2.75, 3.05) is 13.2 Å². The molecule has 1 unspecified atom stereocenters. The van der Waals surface area contributed by atoms with Crippen molar-refractivity contribution in [3.63, 3.8) is 0 Å². The number of hydrogen-bond acceptors (Lipinski definition) is 2. The summed E-state index contributed by atoms with van der Waals surface area (Å²) in [6.07, 6.45) is 0.0427. The minimum absolute atomic E-state index is 0.0427. The summed E-state index contributed by atoms with van der Waals surface area (Å²) in [6.45, 7) is 5.06. The van der Waals surface area contributed by atoms with Gasteiger partial charge in [0.25, 0.3) is 5.91 Å². The maximum atomic E-state index is 11.7. The van der Waals surface area contributed by atoms with Crippen LogP contribution in [-0.4, -0.2) is 25.2 Å². The topological polar surface area (TPSA) is 38.3 Å². The zero-order chi connectivity index (χ0) is 12.0. The highest BCUT2D eigenvalue weighted by molar-refractivity contribution is 9.10. The van der Waals surface area contributed by atoms with E-state index in [0.29, 0.717) is 18.7 Å². The molecule has 4 heteroatoms. The van der Waals surface area contributed by atoms with E-state index in [9.17, 15) is 4.79 Å². The third-order valence-electron chi connectivity index (χ3n) is 2.09. The Hall–Kier alpha value is -0.870. The molecule has 0 bridgehead atoms. The monoisotopic (exact) mass is 285 g/mol. The summed E-state index contributed by atoms with van der Waals surface area (Å²) in [5.74, 6) is -0.0761. The van der Waals surface area contributed by atoms with E-state index in [4.69, 9.17) is 4.74 Å². The maximum absolute atomic E-state index is 11.7. The van der Waals surface area contributed by atoms with E-state index >= 15 is 0 Å². The summed E-state index contributed by atoms with van der Waals surface area (Å²) in [5, 5.41) is 2.83. The van der Waals surface area contributed by atoms with Crippen molar-refractivity contribution in [3.8, 4) is 0 Å². The lowest BCUT2D eigenvalue weighted by atomic mass is 10.2. The molecule has 0 saturated heterocycles. The van der Waals surface area contributed by atoms with E-state index in [2.05, 4.69) is 21.2 Å². The first-order chi connectivity index (χ1) is 7.63. The third-order valence-corrected chi connectivity index (χ3v) is 2.58. The highest BCUT2D eigenvalue weighted by Crippen LogP contribution is 2.11. The second kappa shape index (κ2) is 6.66. The van der Waals surface area contributed by atoms with E-state index < -0.39 is 0 Å². The molecule has 0 fully saturated rings. The molecule has 0 aliphatic rings. The quantitative estimate of drug-likeness (QED) is 0.903. The van der Waals surface area contributed by atoms with Crippen LogP contribution in [0.3, 0.4) is 0 Å². The molecule has 3 nitrogen and oxygen atoms in total. The largest absolute Gasteiger partial charge is 0.377 e. The number of carbonyl (C=O) groups is 1. The van der Waals surface area contributed by atoms with E-state index in [1.807, 2.05) is 26.0 Å². The molecular formula is C12H16BrNO2. The Kier molecular flexibility index (Phi) is 5.49. The van der Waals surface area contributed by atoms with Crippen molar-refractivity contribution in [1.29, 1.82) is 0 Å². The van der Waals surface area contributed by atoms with Crippen LogP contribution < -0.4 is 5.32 Å². The average molecular weight is 286 g/mol. The summed E-state index contributed by atoms with van der Waals surface area (Å²) in [6, 6.07) is 7.30. The molecule has 0 spiro atoms. The van der Waals surface area contributed by atoms with Gasteiger partial charge in [-0.25, -0.2) is 0 Å². The Morgan fingerprint density at radius 2 is 2.31 bits per heavy atom. The normalized spacial score (nSPS) is 12.2. The molecule has 1 aromatic carbocycles. The van der Waals surface area contributed by atoms with Crippen LogP contribution in [0.4, 0.5) is 0 Å². The van der Waals surface area contributed by atoms with Gasteiger partial charge in [0.05, 0.1) is 6.10 Å². The first-order valence-electron chi connectivity index (χ1n) is 5.29. The highest BCUT2D eigenvalue weighted by atomic mass is 79.9. The number of halogens is 1. The first-order valence-corrected chi connectivity index (χ1v) is 6.08. The predicted octanol–water partition coefficient (Wildman–Crippen LogP) is 2.60. The van der Waals surface area contributed by atoms with Crippen LogP contribution in [0, 0.1) is 0 Å². The molecular weight excluding hydrogens is 270 g/mol. The van der Waals surface area contributed by atoms with Crippen LogP contribution in [0.25, 0.3) is 0 Å². The van der Waals surface area contributed by atoms with Gasteiger partial charge in [-0.05, 0) is 32.0 Å². The summed E-state index contributed by atoms with van der Waals surface area (Å²) in [4.78, 5) is 11.7. The molecule has 0 heterocycles. The smallest absolute Gasteiger partial charge is 0.251 e. The van der Waals surface area contributed by atoms with Crippen LogP contribution in [0.5, 0.6) is 0 Å². The lowest BCUT2D eigenvalue weighted by Crippen LogP contribution is -2.32. The third kappa shape index (κ3) is 4.33. The lowest BCUT2D eigenvalue weighted by molar-refractivity contribution is 0.0695. The van der Waals surface area contributed by atoms with Crippen LogP contribution in [0.1, 0.15) is 24.2 Å². The highest BCUT2D eigenvalue weighted by Gasteiger charge is 2.07. The zero-order valence-electron chi connectivity index (χ0n) is 9.50. The minimum atomic E-state index is -0.0761. The molecule has 0 aliphatic carbocycles. The Bertz CT molecular complexity index is 355. The van der Waals surface area contributed by atoms with Crippen molar-refractivity contribution >= 4 is 21.8 Å². The molecule has 88 valence electrons. The number of carbonyl (C=O) groups excluding carboxylic acids is 1. The van der Waals surface area contributed by atoms with Crippen molar-refractivity contribution < 1.29 is 9.53 Å². The molecule has 1 aromatic rings. The molecule has 0 radical (unpaired) electrons. The molecule has 1 amide bonds. The van der Waals surface area contributed by atoms with Gasteiger partial charge in [-0.15, -0.1) is 0 Å². The molecule has 1 rings (SSSR count). The first kappa shape index (κ1) is 13.2. The lowest BCUT2D eigenvalue weighted by Gasteiger charge is -2.12. The Morgan fingerprint density at radius 3 is 2.94 bits per heavy atom. The van der Waals surface area contributed by atoms with Gasteiger partial charge in [-0.2, -0.15) is 0 Å². The fourth-order valence-electron chi connectivity index (χ4n) is 1.31. The van der Waals surface area contributed by atoms with Gasteiger partial charge in [0.1, 0.15) is 0 Å². The van der Waals surface area contributed by atoms with Crippen LogP contribution in [0.15, 0.2) is 28.7 Å². The van der Waals surface area contributed by atoms with Crippen molar-refractivity contribution in [3.05, 3.63) is 34.3 Å². The molecule has 16 heavy (non-hydrogen) atoms. The number of rotatable bonds is 5. The van der Waals surface area contributed by atoms with Gasteiger partial charge < -0.3 is 10.1 Å². The minimum Gasteiger partial charge on any atom is -0.377 e. The Labute approximate surface area is 104 Å². The SMILES string of the molecule is CCOC(C)CNC(=O)c1cccc(Br)c1. The average Bonchev–Trinajstić information content (AvgIpc) is 2.26. The molecule has 0 aromatic heterocycles. The van der Waals surface area contributed by atoms with E-state index in [-0.39, 0.29) is 12.0 Å². The van der Waals surface area contributed by atoms with E-state index in [1.54, 1.807) is 12.1 Å². The summed E-state index contributed by atoms with van der Waals surface area (Å²) >= 11 is 3.33. The fourth-order valence-corrected chi connectivity index (χ4v) is 1.71. The second-order valence-corrected chi connectivity index (χ2v) is 4.40. The van der Waals surface area contributed by atoms with E-state index in [1.165, 1.54) is 0 Å².